The number of hydrogen-bond donors (Lipinski definition) is 1. The van der Waals surface area contributed by atoms with E-state index in [9.17, 15) is 22.8 Å². The highest BCUT2D eigenvalue weighted by Crippen LogP contribution is 2.32. The standard InChI is InChI=1S/C15H12F3N3O2S/c16-15(17,18)9-2-1-3-10(6-9)20-12(22)7-11-8-24-14-19-5-4-13(23)21(11)14/h1-6,11H,7-8H2,(H,20,22). The zero-order valence-corrected chi connectivity index (χ0v) is 13.0. The minimum Gasteiger partial charge on any atom is -0.326 e. The smallest absolute Gasteiger partial charge is 0.326 e. The van der Waals surface area contributed by atoms with Gasteiger partial charge in [0, 0.05) is 30.1 Å². The van der Waals surface area contributed by atoms with Crippen LogP contribution in [0.1, 0.15) is 18.0 Å². The van der Waals surface area contributed by atoms with E-state index in [1.165, 1.54) is 40.7 Å². The van der Waals surface area contributed by atoms with Gasteiger partial charge in [-0.25, -0.2) is 4.98 Å². The average molecular weight is 355 g/mol. The molecule has 1 atom stereocenters. The van der Waals surface area contributed by atoms with Crippen LogP contribution in [0.2, 0.25) is 0 Å². The summed E-state index contributed by atoms with van der Waals surface area (Å²) in [4.78, 5) is 28.1. The number of rotatable bonds is 3. The molecule has 24 heavy (non-hydrogen) atoms. The Hall–Kier alpha value is -2.29. The third kappa shape index (κ3) is 3.45. The summed E-state index contributed by atoms with van der Waals surface area (Å²) in [5, 5.41) is 2.99. The summed E-state index contributed by atoms with van der Waals surface area (Å²) in [6.45, 7) is 0. The highest BCUT2D eigenvalue weighted by molar-refractivity contribution is 7.99. The van der Waals surface area contributed by atoms with Gasteiger partial charge < -0.3 is 5.32 Å². The number of nitrogens with zero attached hydrogens (tertiary/aromatic N) is 2. The lowest BCUT2D eigenvalue weighted by atomic mass is 10.1. The number of alkyl halides is 3. The van der Waals surface area contributed by atoms with Gasteiger partial charge in [-0.2, -0.15) is 13.2 Å². The van der Waals surface area contributed by atoms with Crippen LogP contribution in [0, 0.1) is 0 Å². The number of thioether (sulfide) groups is 1. The first-order chi connectivity index (χ1) is 11.3. The molecule has 1 aromatic heterocycles. The van der Waals surface area contributed by atoms with Gasteiger partial charge in [-0.3, -0.25) is 14.2 Å². The van der Waals surface area contributed by atoms with E-state index in [4.69, 9.17) is 0 Å². The van der Waals surface area contributed by atoms with Gasteiger partial charge in [-0.05, 0) is 18.2 Å². The number of aromatic nitrogens is 2. The molecule has 0 spiro atoms. The summed E-state index contributed by atoms with van der Waals surface area (Å²) < 4.78 is 39.5. The van der Waals surface area contributed by atoms with E-state index in [2.05, 4.69) is 10.3 Å². The lowest BCUT2D eigenvalue weighted by Gasteiger charge is -2.13. The molecule has 9 heteroatoms. The summed E-state index contributed by atoms with van der Waals surface area (Å²) in [5.74, 6) is 0.0611. The molecule has 1 amide bonds. The van der Waals surface area contributed by atoms with Crippen molar-refractivity contribution in [2.45, 2.75) is 23.8 Å². The van der Waals surface area contributed by atoms with Crippen LogP contribution in [0.3, 0.4) is 0 Å². The predicted molar refractivity (Wildman–Crippen MR) is 82.9 cm³/mol. The van der Waals surface area contributed by atoms with Crippen LogP contribution in [-0.2, 0) is 11.0 Å². The molecule has 1 aliphatic heterocycles. The normalized spacial score (nSPS) is 16.7. The number of anilines is 1. The number of carbonyl (C=O) groups is 1. The summed E-state index contributed by atoms with van der Waals surface area (Å²) in [6.07, 6.45) is -3.07. The van der Waals surface area contributed by atoms with Gasteiger partial charge in [-0.1, -0.05) is 17.8 Å². The van der Waals surface area contributed by atoms with Crippen molar-refractivity contribution in [1.82, 2.24) is 9.55 Å². The van der Waals surface area contributed by atoms with Crippen LogP contribution in [0.25, 0.3) is 0 Å². The molecule has 3 rings (SSSR count). The molecule has 0 bridgehead atoms. The number of fused-ring (bicyclic) bond motifs is 1. The molecule has 1 aromatic carbocycles. The van der Waals surface area contributed by atoms with Crippen LogP contribution >= 0.6 is 11.8 Å². The Bertz CT molecular complexity index is 835. The Balaban J connectivity index is 1.71. The Kier molecular flexibility index (Phi) is 4.35. The third-order valence-electron chi connectivity index (χ3n) is 3.51. The van der Waals surface area contributed by atoms with E-state index >= 15 is 0 Å². The number of carbonyl (C=O) groups excluding carboxylic acids is 1. The Morgan fingerprint density at radius 1 is 1.38 bits per heavy atom. The molecule has 0 saturated carbocycles. The first-order valence-electron chi connectivity index (χ1n) is 7.02. The predicted octanol–water partition coefficient (Wildman–Crippen LogP) is 2.94. The Morgan fingerprint density at radius 2 is 2.17 bits per heavy atom. The van der Waals surface area contributed by atoms with Crippen molar-refractivity contribution in [3.63, 3.8) is 0 Å². The maximum Gasteiger partial charge on any atom is 0.416 e. The van der Waals surface area contributed by atoms with E-state index < -0.39 is 17.6 Å². The molecule has 0 saturated heterocycles. The fraction of sp³-hybridized carbons (Fsp3) is 0.267. The summed E-state index contributed by atoms with van der Waals surface area (Å²) in [7, 11) is 0. The molecule has 1 aliphatic rings. The number of hydrogen-bond acceptors (Lipinski definition) is 4. The number of benzene rings is 1. The maximum absolute atomic E-state index is 12.7. The first-order valence-corrected chi connectivity index (χ1v) is 8.00. The zero-order valence-electron chi connectivity index (χ0n) is 12.2. The van der Waals surface area contributed by atoms with Gasteiger partial charge in [0.15, 0.2) is 5.16 Å². The van der Waals surface area contributed by atoms with Gasteiger partial charge in [0.2, 0.25) is 5.91 Å². The van der Waals surface area contributed by atoms with Crippen LogP contribution in [0.15, 0.2) is 46.5 Å². The summed E-state index contributed by atoms with van der Waals surface area (Å²) in [6, 6.07) is 5.38. The monoisotopic (exact) mass is 355 g/mol. The third-order valence-corrected chi connectivity index (χ3v) is 4.62. The topological polar surface area (TPSA) is 64.0 Å². The molecule has 5 nitrogen and oxygen atoms in total. The van der Waals surface area contributed by atoms with Crippen molar-refractivity contribution in [3.8, 4) is 0 Å². The number of halogens is 3. The Labute approximate surface area is 138 Å². The number of amides is 1. The van der Waals surface area contributed by atoms with Gasteiger partial charge in [0.25, 0.3) is 5.56 Å². The lowest BCUT2D eigenvalue weighted by Crippen LogP contribution is -2.26. The SMILES string of the molecule is O=C(CC1CSc2nccc(=O)n21)Nc1cccc(C(F)(F)F)c1. The van der Waals surface area contributed by atoms with E-state index in [-0.39, 0.29) is 23.7 Å². The van der Waals surface area contributed by atoms with Crippen LogP contribution in [0.4, 0.5) is 18.9 Å². The van der Waals surface area contributed by atoms with Gasteiger partial charge in [0.05, 0.1) is 11.6 Å². The Morgan fingerprint density at radius 3 is 2.92 bits per heavy atom. The number of nitrogens with one attached hydrogen (secondary N) is 1. The molecule has 0 aliphatic carbocycles. The van der Waals surface area contributed by atoms with Crippen LogP contribution in [0.5, 0.6) is 0 Å². The van der Waals surface area contributed by atoms with Crippen molar-refractivity contribution < 1.29 is 18.0 Å². The zero-order chi connectivity index (χ0) is 17.3. The molecule has 2 aromatic rings. The molecular weight excluding hydrogens is 343 g/mol. The molecule has 2 heterocycles. The molecule has 1 unspecified atom stereocenters. The molecule has 0 fully saturated rings. The van der Waals surface area contributed by atoms with E-state index in [1.54, 1.807) is 0 Å². The largest absolute Gasteiger partial charge is 0.416 e. The van der Waals surface area contributed by atoms with Crippen molar-refractivity contribution in [3.05, 3.63) is 52.4 Å². The van der Waals surface area contributed by atoms with Crippen molar-refractivity contribution in [2.24, 2.45) is 0 Å². The molecule has 126 valence electrons. The molecular formula is C15H12F3N3O2S. The van der Waals surface area contributed by atoms with Crippen LogP contribution in [-0.4, -0.2) is 21.2 Å². The van der Waals surface area contributed by atoms with Crippen molar-refractivity contribution in [1.29, 1.82) is 0 Å². The summed E-state index contributed by atoms with van der Waals surface area (Å²) >= 11 is 1.37. The first kappa shape index (κ1) is 16.6. The van der Waals surface area contributed by atoms with Crippen molar-refractivity contribution >= 4 is 23.4 Å². The second-order valence-electron chi connectivity index (χ2n) is 5.23. The van der Waals surface area contributed by atoms with Crippen LogP contribution < -0.4 is 10.9 Å². The average Bonchev–Trinajstić information content (AvgIpc) is 2.91. The van der Waals surface area contributed by atoms with Crippen molar-refractivity contribution in [2.75, 3.05) is 11.1 Å². The second kappa shape index (κ2) is 6.31. The highest BCUT2D eigenvalue weighted by atomic mass is 32.2. The van der Waals surface area contributed by atoms with Gasteiger partial charge in [0.1, 0.15) is 0 Å². The fourth-order valence-corrected chi connectivity index (χ4v) is 3.56. The van der Waals surface area contributed by atoms with E-state index in [0.717, 1.165) is 12.1 Å². The van der Waals surface area contributed by atoms with Gasteiger partial charge >= 0.3 is 6.18 Å². The van der Waals surface area contributed by atoms with Gasteiger partial charge in [-0.15, -0.1) is 0 Å². The molecule has 1 N–H and O–H groups in total. The quantitative estimate of drug-likeness (QED) is 0.860. The minimum absolute atomic E-state index is 0.0121. The van der Waals surface area contributed by atoms with E-state index in [1.807, 2.05) is 0 Å². The lowest BCUT2D eigenvalue weighted by molar-refractivity contribution is -0.137. The van der Waals surface area contributed by atoms with E-state index in [0.29, 0.717) is 10.9 Å². The summed E-state index contributed by atoms with van der Waals surface area (Å²) in [5.41, 5.74) is -1.01. The second-order valence-corrected chi connectivity index (χ2v) is 6.22. The minimum atomic E-state index is -4.47. The molecule has 0 radical (unpaired) electrons. The highest BCUT2D eigenvalue weighted by Gasteiger charge is 2.31. The fourth-order valence-electron chi connectivity index (χ4n) is 2.44. The maximum atomic E-state index is 12.7.